The average Bonchev–Trinajstić information content (AvgIpc) is 3.31. The molecule has 0 bridgehead atoms. The number of hydrogen-bond donors (Lipinski definition) is 1. The van der Waals surface area contributed by atoms with E-state index in [0.717, 1.165) is 49.7 Å². The Hall–Kier alpha value is -3.91. The molecule has 0 amide bonds. The first-order valence-electron chi connectivity index (χ1n) is 10.9. The predicted octanol–water partition coefficient (Wildman–Crippen LogP) is 5.10. The fourth-order valence-corrected chi connectivity index (χ4v) is 5.57. The maximum atomic E-state index is 11.7. The topological polar surface area (TPSA) is 97.4 Å². The molecule has 170 valence electrons. The van der Waals surface area contributed by atoms with Crippen molar-refractivity contribution in [2.75, 3.05) is 0 Å². The van der Waals surface area contributed by atoms with Gasteiger partial charge in [0.25, 0.3) is 0 Å². The number of aliphatic imine (C=N–C) groups is 1. The van der Waals surface area contributed by atoms with Crippen molar-refractivity contribution in [3.63, 3.8) is 0 Å². The lowest BCUT2D eigenvalue weighted by Crippen LogP contribution is -2.10. The van der Waals surface area contributed by atoms with E-state index in [2.05, 4.69) is 24.0 Å². The molecule has 0 aliphatic carbocycles. The van der Waals surface area contributed by atoms with Crippen LogP contribution in [-0.2, 0) is 4.79 Å². The maximum Gasteiger partial charge on any atom is 0.306 e. The largest absolute Gasteiger partial charge is 0.481 e. The zero-order chi connectivity index (χ0) is 24.0. The highest BCUT2D eigenvalue weighted by Gasteiger charge is 2.32. The highest BCUT2D eigenvalue weighted by atomic mass is 32.1. The molecule has 0 fully saturated rings. The van der Waals surface area contributed by atoms with Gasteiger partial charge in [-0.2, -0.15) is 0 Å². The van der Waals surface area contributed by atoms with Gasteiger partial charge in [0.15, 0.2) is 12.1 Å². The van der Waals surface area contributed by atoms with E-state index in [9.17, 15) is 14.7 Å². The molecule has 0 unspecified atom stereocenters. The number of carbonyl (C=O) groups is 2. The van der Waals surface area contributed by atoms with E-state index in [1.807, 2.05) is 54.0 Å². The molecule has 7 nitrogen and oxygen atoms in total. The summed E-state index contributed by atoms with van der Waals surface area (Å²) in [5.74, 6) is 0.290. The van der Waals surface area contributed by atoms with Gasteiger partial charge in [0.1, 0.15) is 16.9 Å². The summed E-state index contributed by atoms with van der Waals surface area (Å²) < 4.78 is 1.94. The Balaban J connectivity index is 1.69. The van der Waals surface area contributed by atoms with Gasteiger partial charge in [-0.1, -0.05) is 48.5 Å². The molecular formula is C26H22N4O3S. The molecule has 0 spiro atoms. The minimum atomic E-state index is -0.945. The average molecular weight is 471 g/mol. The third-order valence-corrected chi connectivity index (χ3v) is 7.36. The molecule has 1 N–H and O–H groups in total. The molecule has 2 aromatic heterocycles. The normalized spacial score (nSPS) is 14.7. The number of rotatable bonds is 5. The molecule has 2 aromatic carbocycles. The van der Waals surface area contributed by atoms with Crippen LogP contribution in [0.5, 0.6) is 0 Å². The number of carboxylic acids is 1. The van der Waals surface area contributed by atoms with Crippen molar-refractivity contribution in [3.05, 3.63) is 87.3 Å². The number of benzene rings is 2. The zero-order valence-corrected chi connectivity index (χ0v) is 19.8. The molecule has 5 rings (SSSR count). The summed E-state index contributed by atoms with van der Waals surface area (Å²) in [6.07, 6.45) is 0.677. The summed E-state index contributed by atoms with van der Waals surface area (Å²) in [4.78, 5) is 29.3. The summed E-state index contributed by atoms with van der Waals surface area (Å²) in [6.45, 7) is 6.00. The molecule has 0 saturated carbocycles. The number of carboxylic acid groups (broad SMARTS) is 1. The van der Waals surface area contributed by atoms with Crippen molar-refractivity contribution in [2.45, 2.75) is 33.2 Å². The van der Waals surface area contributed by atoms with Crippen LogP contribution in [0, 0.1) is 20.8 Å². The van der Waals surface area contributed by atoms with Gasteiger partial charge < -0.3 is 5.11 Å². The highest BCUT2D eigenvalue weighted by Crippen LogP contribution is 2.39. The van der Waals surface area contributed by atoms with Gasteiger partial charge in [-0.25, -0.2) is 0 Å². The van der Waals surface area contributed by atoms with E-state index in [4.69, 9.17) is 4.99 Å². The molecule has 1 aliphatic rings. The molecule has 34 heavy (non-hydrogen) atoms. The molecule has 8 heteroatoms. The van der Waals surface area contributed by atoms with E-state index >= 15 is 0 Å². The van der Waals surface area contributed by atoms with Crippen molar-refractivity contribution in [3.8, 4) is 16.1 Å². The SMILES string of the molecule is Cc1sc2c(c1C)C(c1ccc(-c3ccccc3C=O)cc1)=N[C@@H](CC(=O)O)c1nnc(C)n1-2. The Bertz CT molecular complexity index is 1460. The number of aromatic nitrogens is 3. The Labute approximate surface area is 200 Å². The number of nitrogens with zero attached hydrogens (tertiary/aromatic N) is 4. The number of fused-ring (bicyclic) bond motifs is 3. The summed E-state index contributed by atoms with van der Waals surface area (Å²) in [6, 6.07) is 14.7. The fourth-order valence-electron chi connectivity index (χ4n) is 4.36. The summed E-state index contributed by atoms with van der Waals surface area (Å²) >= 11 is 1.63. The fraction of sp³-hybridized carbons (Fsp3) is 0.192. The van der Waals surface area contributed by atoms with Crippen LogP contribution in [0.15, 0.2) is 53.5 Å². The van der Waals surface area contributed by atoms with Crippen LogP contribution in [0.4, 0.5) is 0 Å². The summed E-state index contributed by atoms with van der Waals surface area (Å²) in [5, 5.41) is 19.1. The summed E-state index contributed by atoms with van der Waals surface area (Å²) in [5.41, 5.74) is 6.10. The number of carbonyl (C=O) groups excluding carboxylic acids is 1. The first kappa shape index (κ1) is 21.9. The lowest BCUT2D eigenvalue weighted by atomic mass is 9.95. The first-order valence-corrected chi connectivity index (χ1v) is 11.7. The number of thiophene rings is 1. The second-order valence-corrected chi connectivity index (χ2v) is 9.48. The Morgan fingerprint density at radius 3 is 2.47 bits per heavy atom. The smallest absolute Gasteiger partial charge is 0.306 e. The molecule has 3 heterocycles. The molecule has 0 radical (unpaired) electrons. The van der Waals surface area contributed by atoms with Crippen molar-refractivity contribution in [1.82, 2.24) is 14.8 Å². The monoisotopic (exact) mass is 470 g/mol. The Morgan fingerprint density at radius 2 is 1.76 bits per heavy atom. The summed E-state index contributed by atoms with van der Waals surface area (Å²) in [7, 11) is 0. The van der Waals surface area contributed by atoms with E-state index in [-0.39, 0.29) is 6.42 Å². The van der Waals surface area contributed by atoms with Crippen molar-refractivity contribution >= 4 is 29.3 Å². The number of aryl methyl sites for hydroxylation is 2. The molecule has 4 aromatic rings. The van der Waals surface area contributed by atoms with Gasteiger partial charge in [0.2, 0.25) is 0 Å². The quantitative estimate of drug-likeness (QED) is 0.409. The third kappa shape index (κ3) is 3.56. The predicted molar refractivity (Wildman–Crippen MR) is 131 cm³/mol. The Kier molecular flexibility index (Phi) is 5.45. The van der Waals surface area contributed by atoms with Crippen LogP contribution in [-0.4, -0.2) is 37.8 Å². The first-order chi connectivity index (χ1) is 16.4. The minimum absolute atomic E-state index is 0.181. The van der Waals surface area contributed by atoms with Crippen molar-refractivity contribution < 1.29 is 14.7 Å². The Morgan fingerprint density at radius 1 is 1.06 bits per heavy atom. The lowest BCUT2D eigenvalue weighted by molar-refractivity contribution is -0.137. The molecule has 0 saturated heterocycles. The van der Waals surface area contributed by atoms with E-state index in [1.165, 1.54) is 0 Å². The highest BCUT2D eigenvalue weighted by molar-refractivity contribution is 7.15. The van der Waals surface area contributed by atoms with E-state index in [1.54, 1.807) is 17.4 Å². The molecular weight excluding hydrogens is 448 g/mol. The third-order valence-electron chi connectivity index (χ3n) is 6.16. The van der Waals surface area contributed by atoms with Gasteiger partial charge in [-0.15, -0.1) is 21.5 Å². The van der Waals surface area contributed by atoms with Crippen molar-refractivity contribution in [2.24, 2.45) is 4.99 Å². The second-order valence-electron chi connectivity index (χ2n) is 8.28. The van der Waals surface area contributed by atoms with Crippen LogP contribution in [0.1, 0.15) is 56.0 Å². The van der Waals surface area contributed by atoms with Gasteiger partial charge >= 0.3 is 5.97 Å². The number of hydrogen-bond acceptors (Lipinski definition) is 6. The van der Waals surface area contributed by atoms with Crippen LogP contribution >= 0.6 is 11.3 Å². The van der Waals surface area contributed by atoms with E-state index < -0.39 is 12.0 Å². The molecule has 1 atom stereocenters. The number of aliphatic carboxylic acids is 1. The van der Waals surface area contributed by atoms with Crippen LogP contribution in [0.25, 0.3) is 16.1 Å². The van der Waals surface area contributed by atoms with E-state index in [0.29, 0.717) is 17.2 Å². The second kappa shape index (κ2) is 8.46. The van der Waals surface area contributed by atoms with Gasteiger partial charge in [0, 0.05) is 21.6 Å². The van der Waals surface area contributed by atoms with Gasteiger partial charge in [-0.05, 0) is 37.5 Å². The minimum Gasteiger partial charge on any atom is -0.481 e. The van der Waals surface area contributed by atoms with Crippen LogP contribution in [0.2, 0.25) is 0 Å². The van der Waals surface area contributed by atoms with Crippen LogP contribution in [0.3, 0.4) is 0 Å². The van der Waals surface area contributed by atoms with Gasteiger partial charge in [0.05, 0.1) is 12.1 Å². The standard InChI is InChI=1S/C26H22N4O3S/c1-14-15(2)34-26-23(14)24(27-21(12-22(32)33)25-29-28-16(3)30(25)26)18-10-8-17(9-11-18)20-7-5-4-6-19(20)13-31/h4-11,13,21H,12H2,1-3H3,(H,32,33)/t21-/m0/s1. The lowest BCUT2D eigenvalue weighted by Gasteiger charge is -2.12. The number of aldehydes is 1. The van der Waals surface area contributed by atoms with Gasteiger partial charge in [-0.3, -0.25) is 19.1 Å². The van der Waals surface area contributed by atoms with Crippen LogP contribution < -0.4 is 0 Å². The zero-order valence-electron chi connectivity index (χ0n) is 18.9. The maximum absolute atomic E-state index is 11.7. The van der Waals surface area contributed by atoms with Crippen molar-refractivity contribution in [1.29, 1.82) is 0 Å². The molecule has 1 aliphatic heterocycles.